The lowest BCUT2D eigenvalue weighted by molar-refractivity contribution is -0.157. The number of nitrogens with one attached hydrogen (secondary N) is 3. The van der Waals surface area contributed by atoms with Crippen molar-refractivity contribution in [2.75, 3.05) is 13.7 Å². The molecule has 0 aromatic heterocycles. The van der Waals surface area contributed by atoms with Crippen LogP contribution in [0.5, 0.6) is 0 Å². The van der Waals surface area contributed by atoms with E-state index in [2.05, 4.69) is 16.1 Å². The molecule has 1 fully saturated rings. The summed E-state index contributed by atoms with van der Waals surface area (Å²) in [5.41, 5.74) is 4.81. The van der Waals surface area contributed by atoms with Crippen molar-refractivity contribution in [3.05, 3.63) is 41.5 Å². The van der Waals surface area contributed by atoms with Crippen LogP contribution in [0.1, 0.15) is 77.5 Å². The second-order valence-electron chi connectivity index (χ2n) is 11.1. The van der Waals surface area contributed by atoms with Crippen LogP contribution in [0.25, 0.3) is 6.08 Å². The summed E-state index contributed by atoms with van der Waals surface area (Å²) < 4.78 is 11.4. The van der Waals surface area contributed by atoms with Gasteiger partial charge in [-0.05, 0) is 62.6 Å². The first-order valence-electron chi connectivity index (χ1n) is 14.2. The highest BCUT2D eigenvalue weighted by atomic mass is 16.5. The Hall–Kier alpha value is -3.24. The molecule has 2 aliphatic rings. The number of fused-ring (bicyclic) bond motifs is 4. The summed E-state index contributed by atoms with van der Waals surface area (Å²) in [5.74, 6) is -2.24. The van der Waals surface area contributed by atoms with Crippen molar-refractivity contribution in [2.24, 2.45) is 11.8 Å². The number of carbonyl (C=O) groups excluding carboxylic acids is 4. The number of esters is 1. The molecule has 1 saturated heterocycles. The number of rotatable bonds is 2. The molecular formula is C30H44N4O6. The highest BCUT2D eigenvalue weighted by Crippen LogP contribution is 2.22. The van der Waals surface area contributed by atoms with Gasteiger partial charge in [0.1, 0.15) is 24.2 Å². The minimum absolute atomic E-state index is 0.210. The van der Waals surface area contributed by atoms with Crippen LogP contribution < -0.4 is 16.1 Å². The van der Waals surface area contributed by atoms with E-state index < -0.39 is 42.0 Å². The molecule has 0 saturated carbocycles. The number of benzene rings is 1. The van der Waals surface area contributed by atoms with Gasteiger partial charge < -0.3 is 20.1 Å². The maximum atomic E-state index is 13.2. The number of cyclic esters (lactones) is 1. The number of methoxy groups -OCH3 is 1. The predicted octanol–water partition coefficient (Wildman–Crippen LogP) is 2.89. The highest BCUT2D eigenvalue weighted by Gasteiger charge is 2.34. The lowest BCUT2D eigenvalue weighted by Gasteiger charge is -2.35. The van der Waals surface area contributed by atoms with E-state index in [1.54, 1.807) is 21.0 Å². The third-order valence-electron chi connectivity index (χ3n) is 7.59. The zero-order valence-electron chi connectivity index (χ0n) is 24.4. The molecular weight excluding hydrogens is 512 g/mol. The average Bonchev–Trinajstić information content (AvgIpc) is 2.94. The van der Waals surface area contributed by atoms with Crippen molar-refractivity contribution in [3.8, 4) is 0 Å². The van der Waals surface area contributed by atoms with Crippen LogP contribution in [-0.2, 0) is 28.7 Å². The van der Waals surface area contributed by atoms with E-state index in [9.17, 15) is 19.2 Å². The number of hydrogen-bond acceptors (Lipinski definition) is 7. The number of allylic oxidation sites excluding steroid dienone is 1. The van der Waals surface area contributed by atoms with E-state index in [4.69, 9.17) is 9.47 Å². The molecule has 0 aliphatic carbocycles. The minimum Gasteiger partial charge on any atom is -0.457 e. The summed E-state index contributed by atoms with van der Waals surface area (Å²) in [6, 6.07) is 5.40. The quantitative estimate of drug-likeness (QED) is 0.478. The third kappa shape index (κ3) is 8.14. The summed E-state index contributed by atoms with van der Waals surface area (Å²) in [7, 11) is 1.58. The zero-order chi connectivity index (χ0) is 29.4. The van der Waals surface area contributed by atoms with E-state index >= 15 is 0 Å². The van der Waals surface area contributed by atoms with Crippen LogP contribution in [0, 0.1) is 11.8 Å². The van der Waals surface area contributed by atoms with Gasteiger partial charge in [-0.2, -0.15) is 0 Å². The fourth-order valence-electron chi connectivity index (χ4n) is 4.99. The van der Waals surface area contributed by atoms with Gasteiger partial charge >= 0.3 is 5.97 Å². The first-order chi connectivity index (χ1) is 19.0. The van der Waals surface area contributed by atoms with Crippen LogP contribution in [0.15, 0.2) is 30.3 Å². The van der Waals surface area contributed by atoms with Crippen LogP contribution in [0.2, 0.25) is 0 Å². The van der Waals surface area contributed by atoms with Crippen molar-refractivity contribution in [1.29, 1.82) is 0 Å². The molecule has 0 radical (unpaired) electrons. The average molecular weight is 557 g/mol. The first-order valence-corrected chi connectivity index (χ1v) is 14.2. The fraction of sp³-hybridized carbons (Fsp3) is 0.600. The molecule has 1 aromatic rings. The van der Waals surface area contributed by atoms with Crippen molar-refractivity contribution < 1.29 is 28.7 Å². The van der Waals surface area contributed by atoms with Gasteiger partial charge in [0.2, 0.25) is 11.8 Å². The summed E-state index contributed by atoms with van der Waals surface area (Å²) >= 11 is 0. The molecule has 3 rings (SSSR count). The van der Waals surface area contributed by atoms with Crippen LogP contribution in [0.3, 0.4) is 0 Å². The van der Waals surface area contributed by atoms with Gasteiger partial charge in [0.15, 0.2) is 0 Å². The fourth-order valence-corrected chi connectivity index (χ4v) is 4.99. The number of hydrazine groups is 1. The molecule has 0 unspecified atom stereocenters. The van der Waals surface area contributed by atoms with Gasteiger partial charge in [-0.1, -0.05) is 51.1 Å². The number of amides is 3. The number of nitrogens with zero attached hydrogens (tertiary/aromatic N) is 1. The molecule has 4 bridgehead atoms. The Balaban J connectivity index is 1.87. The molecule has 10 nitrogen and oxygen atoms in total. The third-order valence-corrected chi connectivity index (χ3v) is 7.59. The van der Waals surface area contributed by atoms with Gasteiger partial charge in [-0.3, -0.25) is 24.2 Å². The van der Waals surface area contributed by atoms with Crippen LogP contribution in [-0.4, -0.2) is 66.6 Å². The van der Waals surface area contributed by atoms with E-state index in [1.165, 1.54) is 5.01 Å². The Morgan fingerprint density at radius 2 is 1.77 bits per heavy atom. The first kappa shape index (κ1) is 31.3. The molecule has 40 heavy (non-hydrogen) atoms. The van der Waals surface area contributed by atoms with E-state index in [-0.39, 0.29) is 23.8 Å². The maximum Gasteiger partial charge on any atom is 0.325 e. The topological polar surface area (TPSA) is 126 Å². The number of hydrogen-bond donors (Lipinski definition) is 3. The minimum atomic E-state index is -0.872. The largest absolute Gasteiger partial charge is 0.457 e. The zero-order valence-corrected chi connectivity index (χ0v) is 24.4. The molecule has 6 atom stereocenters. The van der Waals surface area contributed by atoms with E-state index in [0.29, 0.717) is 32.2 Å². The van der Waals surface area contributed by atoms with Crippen molar-refractivity contribution >= 4 is 29.8 Å². The molecule has 3 amide bonds. The standard InChI is InChI=1S/C30H44N4O6/c1-18(2)26-28(36)31-20(4)29(37)34-16-10-14-24(33-34)30(38)40-21(5)23-13-9-12-22(17-23)11-7-8-15-25(39-6)19(3)27(35)32-26/h7,9,11-13,17-21,24-26,33H,8,10,14-16H2,1-6H3,(H,31,36)(H,32,35)/b11-7+/t19-,20-,21+,24+,25-,26+/m1/s1. The monoisotopic (exact) mass is 556 g/mol. The van der Waals surface area contributed by atoms with Gasteiger partial charge in [0.05, 0.1) is 12.0 Å². The van der Waals surface area contributed by atoms with Crippen LogP contribution in [0.4, 0.5) is 0 Å². The highest BCUT2D eigenvalue weighted by molar-refractivity contribution is 5.92. The molecule has 2 heterocycles. The molecule has 1 aromatic carbocycles. The smallest absolute Gasteiger partial charge is 0.325 e. The van der Waals surface area contributed by atoms with Crippen molar-refractivity contribution in [1.82, 2.24) is 21.1 Å². The van der Waals surface area contributed by atoms with E-state index in [1.807, 2.05) is 57.2 Å². The molecule has 2 aliphatic heterocycles. The molecule has 0 spiro atoms. The van der Waals surface area contributed by atoms with Crippen molar-refractivity contribution in [3.63, 3.8) is 0 Å². The summed E-state index contributed by atoms with van der Waals surface area (Å²) in [6.45, 7) is 9.27. The molecule has 10 heteroatoms. The molecule has 3 N–H and O–H groups in total. The van der Waals surface area contributed by atoms with E-state index in [0.717, 1.165) is 11.1 Å². The normalized spacial score (nSPS) is 30.4. The van der Waals surface area contributed by atoms with Gasteiger partial charge in [0, 0.05) is 13.7 Å². The summed E-state index contributed by atoms with van der Waals surface area (Å²) in [4.78, 5) is 52.5. The second-order valence-corrected chi connectivity index (χ2v) is 11.1. The van der Waals surface area contributed by atoms with Gasteiger partial charge in [-0.25, -0.2) is 5.43 Å². The van der Waals surface area contributed by atoms with Gasteiger partial charge in [-0.15, -0.1) is 0 Å². The predicted molar refractivity (Wildman–Crippen MR) is 151 cm³/mol. The maximum absolute atomic E-state index is 13.2. The van der Waals surface area contributed by atoms with Gasteiger partial charge in [0.25, 0.3) is 5.91 Å². The van der Waals surface area contributed by atoms with Crippen LogP contribution >= 0.6 is 0 Å². The number of carbonyl (C=O) groups is 4. The summed E-state index contributed by atoms with van der Waals surface area (Å²) in [6.07, 6.45) is 5.64. The Kier molecular flexibility index (Phi) is 11.3. The second kappa shape index (κ2) is 14.4. The lowest BCUT2D eigenvalue weighted by atomic mass is 9.96. The Bertz CT molecular complexity index is 1090. The lowest BCUT2D eigenvalue weighted by Crippen LogP contribution is -2.61. The number of ether oxygens (including phenoxy) is 2. The Morgan fingerprint density at radius 3 is 2.48 bits per heavy atom. The molecule has 220 valence electrons. The van der Waals surface area contributed by atoms with Crippen molar-refractivity contribution in [2.45, 2.75) is 90.6 Å². The summed E-state index contributed by atoms with van der Waals surface area (Å²) in [5, 5.41) is 6.97. The SMILES string of the molecule is CO[C@@H]1CC/C=C/c2cccc(c2)[C@H](C)OC(=O)[C@@H]2CCCN(N2)C(=O)[C@@H](C)NC(=O)[C@H](C(C)C)NC(=O)[C@@H]1C. The Morgan fingerprint density at radius 1 is 1.02 bits per heavy atom. The Labute approximate surface area is 237 Å².